The fourth-order valence-corrected chi connectivity index (χ4v) is 5.22. The van der Waals surface area contributed by atoms with Gasteiger partial charge in [0.25, 0.3) is 5.91 Å². The molecule has 0 bridgehead atoms. The number of phenols is 1. The summed E-state index contributed by atoms with van der Waals surface area (Å²) in [6.45, 7) is 8.61. The van der Waals surface area contributed by atoms with Crippen LogP contribution < -0.4 is 21.8 Å². The number of ether oxygens (including phenoxy) is 1. The number of carbonyl (C=O) groups excluding carboxylic acids is 1. The first-order valence-electron chi connectivity index (χ1n) is 11.9. The molecule has 1 heterocycles. The van der Waals surface area contributed by atoms with Gasteiger partial charge in [-0.25, -0.2) is 5.84 Å². The summed E-state index contributed by atoms with van der Waals surface area (Å²) in [5.74, 6) is 11.7. The minimum absolute atomic E-state index is 0.00548. The van der Waals surface area contributed by atoms with Crippen LogP contribution in [-0.4, -0.2) is 40.9 Å². The van der Waals surface area contributed by atoms with Crippen molar-refractivity contribution in [3.8, 4) is 11.5 Å². The molecule has 0 radical (unpaired) electrons. The van der Waals surface area contributed by atoms with Crippen molar-refractivity contribution < 1.29 is 14.6 Å². The Bertz CT molecular complexity index is 954. The monoisotopic (exact) mass is 457 g/mol. The number of hydrogen-bond acceptors (Lipinski definition) is 6. The average molecular weight is 458 g/mol. The van der Waals surface area contributed by atoms with E-state index < -0.39 is 0 Å². The predicted molar refractivity (Wildman–Crippen MR) is 131 cm³/mol. The highest BCUT2D eigenvalue weighted by molar-refractivity contribution is 6.01. The average Bonchev–Trinajstić information content (AvgIpc) is 2.76. The Balaban J connectivity index is 2.13. The Morgan fingerprint density at radius 2 is 2.12 bits per heavy atom. The van der Waals surface area contributed by atoms with E-state index >= 15 is 0 Å². The van der Waals surface area contributed by atoms with E-state index in [1.807, 2.05) is 6.07 Å². The standard InChI is InChI=1S/C25H39N5O3/c1-6-7-8-9-16-13-19-22(17-12-15(2)10-11-18(17)25(3,4)33-19)23(31)21(16)24(32)30(5)14-20(28-26)29-27/h12-13,17-18,31H,6-11,14,26-27H2,1-5H3,(H,28,29). The summed E-state index contributed by atoms with van der Waals surface area (Å²) in [7, 11) is 1.65. The Morgan fingerprint density at radius 1 is 1.39 bits per heavy atom. The fraction of sp³-hybridized carbons (Fsp3) is 0.600. The number of nitrogens with zero attached hydrogens (tertiary/aromatic N) is 2. The van der Waals surface area contributed by atoms with Gasteiger partial charge >= 0.3 is 0 Å². The normalized spacial score (nSPS) is 21.4. The van der Waals surface area contributed by atoms with Crippen molar-refractivity contribution in [2.24, 2.45) is 22.7 Å². The van der Waals surface area contributed by atoms with Gasteiger partial charge in [0.2, 0.25) is 0 Å². The lowest BCUT2D eigenvalue weighted by Crippen LogP contribution is -2.45. The third kappa shape index (κ3) is 4.95. The van der Waals surface area contributed by atoms with Crippen molar-refractivity contribution >= 4 is 11.7 Å². The number of allylic oxidation sites excluding steroid dienone is 2. The summed E-state index contributed by atoms with van der Waals surface area (Å²) in [5, 5.41) is 15.2. The number of nitrogens with one attached hydrogen (secondary N) is 1. The maximum Gasteiger partial charge on any atom is 0.258 e. The van der Waals surface area contributed by atoms with Gasteiger partial charge in [0.15, 0.2) is 5.84 Å². The van der Waals surface area contributed by atoms with Gasteiger partial charge in [-0.15, -0.1) is 0 Å². The van der Waals surface area contributed by atoms with Crippen LogP contribution in [0.2, 0.25) is 0 Å². The molecular formula is C25H39N5O3. The molecule has 2 aliphatic rings. The molecule has 6 N–H and O–H groups in total. The maximum absolute atomic E-state index is 13.6. The van der Waals surface area contributed by atoms with E-state index in [4.69, 9.17) is 16.4 Å². The predicted octanol–water partition coefficient (Wildman–Crippen LogP) is 3.54. The highest BCUT2D eigenvalue weighted by atomic mass is 16.5. The number of fused-ring (bicyclic) bond motifs is 3. The topological polar surface area (TPSA) is 126 Å². The molecular weight excluding hydrogens is 418 g/mol. The van der Waals surface area contributed by atoms with E-state index in [0.29, 0.717) is 17.7 Å². The number of benzene rings is 1. The Morgan fingerprint density at radius 3 is 2.76 bits per heavy atom. The largest absolute Gasteiger partial charge is 0.507 e. The van der Waals surface area contributed by atoms with Crippen LogP contribution in [0.3, 0.4) is 0 Å². The summed E-state index contributed by atoms with van der Waals surface area (Å²) in [6, 6.07) is 1.97. The van der Waals surface area contributed by atoms with Gasteiger partial charge in [-0.2, -0.15) is 5.10 Å². The van der Waals surface area contributed by atoms with E-state index in [9.17, 15) is 9.90 Å². The number of hydrazine groups is 1. The molecule has 2 unspecified atom stereocenters. The lowest BCUT2D eigenvalue weighted by molar-refractivity contribution is 0.0106. The van der Waals surface area contributed by atoms with Crippen molar-refractivity contribution in [1.29, 1.82) is 0 Å². The number of hydrazone groups is 1. The van der Waals surface area contributed by atoms with Gasteiger partial charge in [0.05, 0.1) is 12.1 Å². The zero-order valence-corrected chi connectivity index (χ0v) is 20.6. The van der Waals surface area contributed by atoms with Crippen molar-refractivity contribution in [2.45, 2.75) is 77.7 Å². The Kier molecular flexibility index (Phi) is 7.57. The molecule has 0 aromatic heterocycles. The van der Waals surface area contributed by atoms with Crippen molar-refractivity contribution in [3.63, 3.8) is 0 Å². The van der Waals surface area contributed by atoms with Crippen molar-refractivity contribution in [1.82, 2.24) is 10.3 Å². The first-order valence-corrected chi connectivity index (χ1v) is 11.9. The number of nitrogens with two attached hydrogens (primary N) is 2. The molecule has 0 spiro atoms. The first-order chi connectivity index (χ1) is 15.6. The van der Waals surface area contributed by atoms with Gasteiger partial charge in [0, 0.05) is 24.4 Å². The number of amides is 1. The first kappa shape index (κ1) is 24.9. The van der Waals surface area contributed by atoms with E-state index in [0.717, 1.165) is 43.2 Å². The number of rotatable bonds is 7. The highest BCUT2D eigenvalue weighted by Crippen LogP contribution is 2.54. The number of aryl methyl sites for hydroxylation is 1. The van der Waals surface area contributed by atoms with E-state index in [-0.39, 0.29) is 41.5 Å². The van der Waals surface area contributed by atoms with Crippen LogP contribution in [0.4, 0.5) is 0 Å². The number of phenolic OH excluding ortho intramolecular Hbond substituents is 1. The smallest absolute Gasteiger partial charge is 0.258 e. The SMILES string of the molecule is CCCCCc1cc2c(c(O)c1C(=O)N(C)C/C(=N/N)NN)C1C=C(C)CCC1C(C)(C)O2. The lowest BCUT2D eigenvalue weighted by Gasteiger charge is -2.46. The van der Waals surface area contributed by atoms with E-state index in [2.05, 4.69) is 44.3 Å². The van der Waals surface area contributed by atoms with Crippen LogP contribution in [0, 0.1) is 5.92 Å². The molecule has 0 saturated carbocycles. The number of amidine groups is 1. The van der Waals surface area contributed by atoms with Crippen LogP contribution in [0.25, 0.3) is 0 Å². The second-order valence-corrected chi connectivity index (χ2v) is 9.90. The van der Waals surface area contributed by atoms with E-state index in [1.54, 1.807) is 7.05 Å². The zero-order chi connectivity index (χ0) is 24.3. The molecule has 0 fully saturated rings. The van der Waals surface area contributed by atoms with Crippen LogP contribution >= 0.6 is 0 Å². The lowest BCUT2D eigenvalue weighted by atomic mass is 9.67. The van der Waals surface area contributed by atoms with Gasteiger partial charge in [-0.1, -0.05) is 31.4 Å². The molecule has 182 valence electrons. The molecule has 1 aliphatic heterocycles. The summed E-state index contributed by atoms with van der Waals surface area (Å²) >= 11 is 0. The second-order valence-electron chi connectivity index (χ2n) is 9.90. The van der Waals surface area contributed by atoms with Crippen LogP contribution in [-0.2, 0) is 6.42 Å². The fourth-order valence-electron chi connectivity index (χ4n) is 5.22. The molecule has 0 saturated heterocycles. The zero-order valence-electron chi connectivity index (χ0n) is 20.6. The summed E-state index contributed by atoms with van der Waals surface area (Å²) in [6.07, 6.45) is 7.96. The Hall–Kier alpha value is -2.74. The Labute approximate surface area is 197 Å². The van der Waals surface area contributed by atoms with Gasteiger partial charge in [-0.05, 0) is 58.1 Å². The maximum atomic E-state index is 13.6. The highest BCUT2D eigenvalue weighted by Gasteiger charge is 2.46. The van der Waals surface area contributed by atoms with Crippen molar-refractivity contribution in [2.75, 3.05) is 13.6 Å². The number of aromatic hydroxyl groups is 1. The van der Waals surface area contributed by atoms with E-state index in [1.165, 1.54) is 10.5 Å². The molecule has 8 heteroatoms. The summed E-state index contributed by atoms with van der Waals surface area (Å²) < 4.78 is 6.47. The van der Waals surface area contributed by atoms with Crippen LogP contribution in [0.1, 0.15) is 87.2 Å². The number of unbranched alkanes of at least 4 members (excludes halogenated alkanes) is 2. The number of hydrogen-bond donors (Lipinski definition) is 4. The second kappa shape index (κ2) is 10.0. The molecule has 1 amide bonds. The molecule has 33 heavy (non-hydrogen) atoms. The van der Waals surface area contributed by atoms with Gasteiger partial charge in [0.1, 0.15) is 17.1 Å². The third-order valence-electron chi connectivity index (χ3n) is 7.05. The molecule has 2 atom stereocenters. The number of likely N-dealkylation sites (N-methyl/N-ethyl adjacent to an activating group) is 1. The summed E-state index contributed by atoms with van der Waals surface area (Å²) in [5.41, 5.74) is 5.20. The molecule has 3 rings (SSSR count). The molecule has 1 aromatic rings. The minimum Gasteiger partial charge on any atom is -0.507 e. The third-order valence-corrected chi connectivity index (χ3v) is 7.05. The molecule has 8 nitrogen and oxygen atoms in total. The van der Waals surface area contributed by atoms with Crippen molar-refractivity contribution in [3.05, 3.63) is 34.4 Å². The van der Waals surface area contributed by atoms with Crippen LogP contribution in [0.5, 0.6) is 11.5 Å². The molecule has 1 aliphatic carbocycles. The quantitative estimate of drug-likeness (QED) is 0.124. The number of carbonyl (C=O) groups is 1. The van der Waals surface area contributed by atoms with Crippen LogP contribution in [0.15, 0.2) is 22.8 Å². The van der Waals surface area contributed by atoms with Gasteiger partial charge in [-0.3, -0.25) is 4.79 Å². The minimum atomic E-state index is -0.358. The van der Waals surface area contributed by atoms with Gasteiger partial charge < -0.3 is 26.0 Å². The summed E-state index contributed by atoms with van der Waals surface area (Å²) in [4.78, 5) is 15.0. The molecule has 1 aromatic carbocycles.